The third kappa shape index (κ3) is 3.98. The Hall–Kier alpha value is -2.04. The SMILES string of the molecule is O=C1CCNC(=O)N1CCCCOc1ccccc1. The average Bonchev–Trinajstić information content (AvgIpc) is 2.42. The van der Waals surface area contributed by atoms with Crippen molar-refractivity contribution in [3.63, 3.8) is 0 Å². The molecule has 1 aliphatic rings. The Bertz CT molecular complexity index is 418. The first-order chi connectivity index (χ1) is 9.27. The van der Waals surface area contributed by atoms with Crippen LogP contribution in [0.1, 0.15) is 19.3 Å². The number of carbonyl (C=O) groups is 2. The van der Waals surface area contributed by atoms with Gasteiger partial charge in [-0.25, -0.2) is 4.79 Å². The first kappa shape index (κ1) is 13.4. The highest BCUT2D eigenvalue weighted by molar-refractivity contribution is 5.96. The van der Waals surface area contributed by atoms with E-state index >= 15 is 0 Å². The predicted octanol–water partition coefficient (Wildman–Crippen LogP) is 1.79. The zero-order chi connectivity index (χ0) is 13.5. The molecule has 0 unspecified atom stereocenters. The van der Waals surface area contributed by atoms with Crippen LogP contribution in [0.15, 0.2) is 30.3 Å². The van der Waals surface area contributed by atoms with Crippen molar-refractivity contribution in [3.8, 4) is 5.75 Å². The maximum atomic E-state index is 11.5. The molecule has 0 spiro atoms. The van der Waals surface area contributed by atoms with Crippen LogP contribution < -0.4 is 10.1 Å². The average molecular weight is 262 g/mol. The van der Waals surface area contributed by atoms with E-state index in [9.17, 15) is 9.59 Å². The normalized spacial score (nSPS) is 15.3. The van der Waals surface area contributed by atoms with E-state index in [1.54, 1.807) is 0 Å². The molecule has 1 N–H and O–H groups in total. The van der Waals surface area contributed by atoms with Crippen LogP contribution in [0.25, 0.3) is 0 Å². The fourth-order valence-corrected chi connectivity index (χ4v) is 1.92. The number of para-hydroxylation sites is 1. The number of hydrogen-bond donors (Lipinski definition) is 1. The van der Waals surface area contributed by atoms with Crippen LogP contribution >= 0.6 is 0 Å². The van der Waals surface area contributed by atoms with Crippen molar-refractivity contribution in [2.45, 2.75) is 19.3 Å². The number of unbranched alkanes of at least 4 members (excludes halogenated alkanes) is 1. The van der Waals surface area contributed by atoms with E-state index in [0.717, 1.165) is 18.6 Å². The summed E-state index contributed by atoms with van der Waals surface area (Å²) in [5.41, 5.74) is 0. The summed E-state index contributed by atoms with van der Waals surface area (Å²) in [5.74, 6) is 0.752. The Morgan fingerprint density at radius 3 is 2.68 bits per heavy atom. The van der Waals surface area contributed by atoms with Gasteiger partial charge in [0.05, 0.1) is 6.61 Å². The van der Waals surface area contributed by atoms with Crippen LogP contribution in [-0.4, -0.2) is 36.5 Å². The molecule has 0 aliphatic carbocycles. The maximum absolute atomic E-state index is 11.5. The lowest BCUT2D eigenvalue weighted by Gasteiger charge is -2.25. The molecule has 1 fully saturated rings. The zero-order valence-electron chi connectivity index (χ0n) is 10.8. The molecule has 0 aromatic heterocycles. The van der Waals surface area contributed by atoms with Gasteiger partial charge in [0.25, 0.3) is 0 Å². The van der Waals surface area contributed by atoms with Gasteiger partial charge in [-0.3, -0.25) is 9.69 Å². The van der Waals surface area contributed by atoms with Gasteiger partial charge in [-0.2, -0.15) is 0 Å². The fourth-order valence-electron chi connectivity index (χ4n) is 1.92. The fraction of sp³-hybridized carbons (Fsp3) is 0.429. The monoisotopic (exact) mass is 262 g/mol. The molecule has 19 heavy (non-hydrogen) atoms. The Balaban J connectivity index is 1.64. The highest BCUT2D eigenvalue weighted by Crippen LogP contribution is 2.09. The van der Waals surface area contributed by atoms with Gasteiger partial charge in [0.2, 0.25) is 5.91 Å². The minimum absolute atomic E-state index is 0.0901. The van der Waals surface area contributed by atoms with Crippen LogP contribution in [0.2, 0.25) is 0 Å². The van der Waals surface area contributed by atoms with Gasteiger partial charge < -0.3 is 10.1 Å². The number of rotatable bonds is 6. The van der Waals surface area contributed by atoms with Crippen molar-refractivity contribution < 1.29 is 14.3 Å². The molecule has 0 bridgehead atoms. The summed E-state index contributed by atoms with van der Waals surface area (Å²) in [6.45, 7) is 1.50. The molecular weight excluding hydrogens is 244 g/mol. The Kier molecular flexibility index (Phi) is 4.78. The third-order valence-electron chi connectivity index (χ3n) is 2.95. The van der Waals surface area contributed by atoms with Crippen molar-refractivity contribution in [2.75, 3.05) is 19.7 Å². The molecule has 102 valence electrons. The number of urea groups is 1. The van der Waals surface area contributed by atoms with Crippen molar-refractivity contribution in [2.24, 2.45) is 0 Å². The van der Waals surface area contributed by atoms with Gasteiger partial charge in [0.1, 0.15) is 5.75 Å². The van der Waals surface area contributed by atoms with Gasteiger partial charge in [-0.15, -0.1) is 0 Å². The highest BCUT2D eigenvalue weighted by atomic mass is 16.5. The Morgan fingerprint density at radius 2 is 1.95 bits per heavy atom. The first-order valence-corrected chi connectivity index (χ1v) is 6.53. The van der Waals surface area contributed by atoms with Gasteiger partial charge in [0.15, 0.2) is 0 Å². The van der Waals surface area contributed by atoms with Crippen LogP contribution in [-0.2, 0) is 4.79 Å². The van der Waals surface area contributed by atoms with E-state index in [1.165, 1.54) is 4.90 Å². The summed E-state index contributed by atoms with van der Waals surface area (Å²) < 4.78 is 5.55. The van der Waals surface area contributed by atoms with Crippen LogP contribution in [0.4, 0.5) is 4.79 Å². The lowest BCUT2D eigenvalue weighted by atomic mass is 10.2. The summed E-state index contributed by atoms with van der Waals surface area (Å²) >= 11 is 0. The zero-order valence-corrected chi connectivity index (χ0v) is 10.8. The Morgan fingerprint density at radius 1 is 1.16 bits per heavy atom. The predicted molar refractivity (Wildman–Crippen MR) is 70.9 cm³/mol. The van der Waals surface area contributed by atoms with E-state index in [-0.39, 0.29) is 11.9 Å². The minimum atomic E-state index is -0.278. The lowest BCUT2D eigenvalue weighted by molar-refractivity contribution is -0.129. The van der Waals surface area contributed by atoms with Gasteiger partial charge >= 0.3 is 6.03 Å². The molecule has 1 saturated heterocycles. The number of amides is 3. The maximum Gasteiger partial charge on any atom is 0.324 e. The van der Waals surface area contributed by atoms with E-state index in [2.05, 4.69) is 5.32 Å². The number of ether oxygens (including phenoxy) is 1. The highest BCUT2D eigenvalue weighted by Gasteiger charge is 2.24. The molecule has 1 aromatic rings. The van der Waals surface area contributed by atoms with Crippen LogP contribution in [0.3, 0.4) is 0 Å². The molecule has 0 atom stereocenters. The van der Waals surface area contributed by atoms with E-state index < -0.39 is 0 Å². The smallest absolute Gasteiger partial charge is 0.324 e. The summed E-state index contributed by atoms with van der Waals surface area (Å²) in [6, 6.07) is 9.31. The van der Waals surface area contributed by atoms with Gasteiger partial charge in [-0.1, -0.05) is 18.2 Å². The topological polar surface area (TPSA) is 58.6 Å². The van der Waals surface area contributed by atoms with Gasteiger partial charge in [-0.05, 0) is 25.0 Å². The number of benzene rings is 1. The standard InChI is InChI=1S/C14H18N2O3/c17-13-8-9-15-14(18)16(13)10-4-5-11-19-12-6-2-1-3-7-12/h1-3,6-7H,4-5,8-11H2,(H,15,18). The van der Waals surface area contributed by atoms with Gasteiger partial charge in [0, 0.05) is 19.5 Å². The third-order valence-corrected chi connectivity index (χ3v) is 2.95. The summed E-state index contributed by atoms with van der Waals surface area (Å²) in [5, 5.41) is 2.66. The Labute approximate surface area is 112 Å². The van der Waals surface area contributed by atoms with Crippen molar-refractivity contribution in [1.29, 1.82) is 0 Å². The molecule has 1 aromatic carbocycles. The number of imide groups is 1. The molecule has 1 heterocycles. The van der Waals surface area contributed by atoms with Crippen molar-refractivity contribution in [1.82, 2.24) is 10.2 Å². The second-order valence-corrected chi connectivity index (χ2v) is 4.40. The summed E-state index contributed by atoms with van der Waals surface area (Å²) in [7, 11) is 0. The van der Waals surface area contributed by atoms with E-state index in [4.69, 9.17) is 4.74 Å². The van der Waals surface area contributed by atoms with Crippen LogP contribution in [0.5, 0.6) is 5.75 Å². The van der Waals surface area contributed by atoms with E-state index in [1.807, 2.05) is 30.3 Å². The number of carbonyl (C=O) groups excluding carboxylic acids is 2. The lowest BCUT2D eigenvalue weighted by Crippen LogP contribution is -2.50. The number of hydrogen-bond acceptors (Lipinski definition) is 3. The first-order valence-electron chi connectivity index (χ1n) is 6.53. The van der Waals surface area contributed by atoms with Crippen LogP contribution in [0, 0.1) is 0 Å². The minimum Gasteiger partial charge on any atom is -0.494 e. The molecular formula is C14H18N2O3. The largest absolute Gasteiger partial charge is 0.494 e. The molecule has 5 nitrogen and oxygen atoms in total. The number of nitrogens with one attached hydrogen (secondary N) is 1. The van der Waals surface area contributed by atoms with E-state index in [0.29, 0.717) is 26.1 Å². The molecule has 0 radical (unpaired) electrons. The molecule has 0 saturated carbocycles. The molecule has 2 rings (SSSR count). The number of nitrogens with zero attached hydrogens (tertiary/aromatic N) is 1. The quantitative estimate of drug-likeness (QED) is 0.795. The second kappa shape index (κ2) is 6.78. The molecule has 3 amide bonds. The van der Waals surface area contributed by atoms with Crippen molar-refractivity contribution >= 4 is 11.9 Å². The molecule has 1 aliphatic heterocycles. The summed E-state index contributed by atoms with van der Waals surface area (Å²) in [6.07, 6.45) is 1.96. The summed E-state index contributed by atoms with van der Waals surface area (Å²) in [4.78, 5) is 24.3. The van der Waals surface area contributed by atoms with Crippen molar-refractivity contribution in [3.05, 3.63) is 30.3 Å². The second-order valence-electron chi connectivity index (χ2n) is 4.40. The molecule has 5 heteroatoms.